The van der Waals surface area contributed by atoms with E-state index in [9.17, 15) is 5.11 Å². The molecule has 5 heteroatoms. The molecule has 4 rings (SSSR count). The fourth-order valence-electron chi connectivity index (χ4n) is 2.90. The second kappa shape index (κ2) is 5.38. The van der Waals surface area contributed by atoms with Crippen molar-refractivity contribution >= 4 is 45.9 Å². The smallest absolute Gasteiger partial charge is 0.309 e. The molecule has 4 nitrogen and oxygen atoms in total. The van der Waals surface area contributed by atoms with Gasteiger partial charge in [0.25, 0.3) is 0 Å². The normalized spacial score (nSPS) is 13.2. The Morgan fingerprint density at radius 2 is 1.64 bits per heavy atom. The highest BCUT2D eigenvalue weighted by molar-refractivity contribution is 6.47. The fraction of sp³-hybridized carbons (Fsp3) is 0.300. The first-order chi connectivity index (χ1) is 11.8. The average molecular weight is 336 g/mol. The number of hydrogen-bond donors (Lipinski definition) is 1. The Hall–Kier alpha value is -2.24. The lowest BCUT2D eigenvalue weighted by Crippen LogP contribution is -2.49. The summed E-state index contributed by atoms with van der Waals surface area (Å²) in [5.74, 6) is 0. The van der Waals surface area contributed by atoms with Crippen LogP contribution in [-0.2, 0) is 4.65 Å². The maximum atomic E-state index is 10.2. The minimum Gasteiger partial charge on any atom is -0.464 e. The topological polar surface area (TPSA) is 55.7 Å². The lowest BCUT2D eigenvalue weighted by molar-refractivity contribution is -0.0893. The number of hydrogen-bond acceptors (Lipinski definition) is 4. The molecule has 0 atom stereocenters. The van der Waals surface area contributed by atoms with Crippen LogP contribution in [0.5, 0.6) is 0 Å². The van der Waals surface area contributed by atoms with Crippen molar-refractivity contribution in [2.24, 2.45) is 0 Å². The zero-order chi connectivity index (χ0) is 17.8. The van der Waals surface area contributed by atoms with E-state index >= 15 is 0 Å². The van der Waals surface area contributed by atoms with Gasteiger partial charge in [0, 0.05) is 16.2 Å². The highest BCUT2D eigenvalue weighted by Gasteiger charge is 2.35. The molecule has 2 heterocycles. The summed E-state index contributed by atoms with van der Waals surface area (Å²) in [6, 6.07) is 11.9. The molecule has 0 spiro atoms. The van der Waals surface area contributed by atoms with Gasteiger partial charge in [-0.3, -0.25) is 0 Å². The minimum atomic E-state index is -0.928. The third-order valence-corrected chi connectivity index (χ3v) is 5.20. The van der Waals surface area contributed by atoms with E-state index < -0.39 is 11.2 Å². The summed E-state index contributed by atoms with van der Waals surface area (Å²) in [6.45, 7) is 7.31. The summed E-state index contributed by atoms with van der Waals surface area (Å²) in [7, 11) is 0.418. The first-order valence-corrected chi connectivity index (χ1v) is 8.44. The summed E-state index contributed by atoms with van der Waals surface area (Å²) >= 11 is 0. The molecule has 0 amide bonds. The average Bonchev–Trinajstić information content (AvgIpc) is 3.14. The first-order valence-electron chi connectivity index (χ1n) is 8.44. The van der Waals surface area contributed by atoms with Crippen LogP contribution in [0.2, 0.25) is 0 Å². The van der Waals surface area contributed by atoms with Gasteiger partial charge in [-0.1, -0.05) is 17.6 Å². The molecular formula is C20H21BO4. The second-order valence-electron chi connectivity index (χ2n) is 7.56. The Morgan fingerprint density at radius 3 is 2.40 bits per heavy atom. The Morgan fingerprint density at radius 1 is 0.920 bits per heavy atom. The largest absolute Gasteiger partial charge is 0.464 e. The predicted octanol–water partition coefficient (Wildman–Crippen LogP) is 3.88. The molecule has 25 heavy (non-hydrogen) atoms. The lowest BCUT2D eigenvalue weighted by atomic mass is 9.82. The standard InChI is InChI=1S/C20H21BO4/c1-19(2,22)20(3,4)25-21-12-5-6-16-14(11-12)18-13-9-10-23-15(13)7-8-17(18)24-16/h5-11,21-22H,1-4H3. The number of benzene rings is 2. The van der Waals surface area contributed by atoms with Crippen LogP contribution in [-0.4, -0.2) is 23.8 Å². The third-order valence-electron chi connectivity index (χ3n) is 5.20. The number of fused-ring (bicyclic) bond motifs is 5. The van der Waals surface area contributed by atoms with Crippen molar-refractivity contribution in [1.82, 2.24) is 0 Å². The Bertz CT molecular complexity index is 1070. The molecular weight excluding hydrogens is 315 g/mol. The summed E-state index contributed by atoms with van der Waals surface area (Å²) in [5, 5.41) is 13.4. The van der Waals surface area contributed by atoms with Crippen LogP contribution < -0.4 is 5.46 Å². The molecule has 0 fully saturated rings. The summed E-state index contributed by atoms with van der Waals surface area (Å²) < 4.78 is 17.5. The first kappa shape index (κ1) is 16.2. The van der Waals surface area contributed by atoms with Crippen LogP contribution in [0.4, 0.5) is 0 Å². The van der Waals surface area contributed by atoms with Crippen molar-refractivity contribution in [2.75, 3.05) is 0 Å². The Balaban J connectivity index is 1.77. The van der Waals surface area contributed by atoms with Gasteiger partial charge in [-0.05, 0) is 52.0 Å². The van der Waals surface area contributed by atoms with Crippen molar-refractivity contribution in [2.45, 2.75) is 38.9 Å². The van der Waals surface area contributed by atoms with Crippen LogP contribution in [0, 0.1) is 0 Å². The van der Waals surface area contributed by atoms with Gasteiger partial charge in [0.2, 0.25) is 0 Å². The molecule has 128 valence electrons. The Kier molecular flexibility index (Phi) is 3.50. The van der Waals surface area contributed by atoms with E-state index in [4.69, 9.17) is 13.5 Å². The molecule has 4 aromatic rings. The van der Waals surface area contributed by atoms with Gasteiger partial charge in [-0.2, -0.15) is 0 Å². The Labute approximate surface area is 146 Å². The molecule has 0 bridgehead atoms. The molecule has 0 radical (unpaired) electrons. The van der Waals surface area contributed by atoms with Gasteiger partial charge in [0.1, 0.15) is 16.7 Å². The fourth-order valence-corrected chi connectivity index (χ4v) is 2.90. The van der Waals surface area contributed by atoms with Gasteiger partial charge in [0.15, 0.2) is 0 Å². The van der Waals surface area contributed by atoms with Crippen molar-refractivity contribution < 1.29 is 18.6 Å². The molecule has 2 aromatic carbocycles. The van der Waals surface area contributed by atoms with Crippen molar-refractivity contribution in [3.63, 3.8) is 0 Å². The molecule has 1 N–H and O–H groups in total. The maximum Gasteiger partial charge on any atom is 0.309 e. The minimum absolute atomic E-state index is 0.418. The van der Waals surface area contributed by atoms with Crippen molar-refractivity contribution in [3.8, 4) is 0 Å². The van der Waals surface area contributed by atoms with Crippen LogP contribution >= 0.6 is 0 Å². The molecule has 0 aliphatic carbocycles. The van der Waals surface area contributed by atoms with Gasteiger partial charge >= 0.3 is 7.48 Å². The van der Waals surface area contributed by atoms with Gasteiger partial charge in [-0.25, -0.2) is 0 Å². The van der Waals surface area contributed by atoms with Crippen LogP contribution in [0.15, 0.2) is 51.5 Å². The second-order valence-corrected chi connectivity index (χ2v) is 7.56. The van der Waals surface area contributed by atoms with E-state index in [1.807, 2.05) is 44.2 Å². The predicted molar refractivity (Wildman–Crippen MR) is 102 cm³/mol. The van der Waals surface area contributed by atoms with Gasteiger partial charge in [0.05, 0.1) is 17.5 Å². The van der Waals surface area contributed by atoms with E-state index in [2.05, 4.69) is 6.07 Å². The van der Waals surface area contributed by atoms with Crippen LogP contribution in [0.25, 0.3) is 32.9 Å². The maximum absolute atomic E-state index is 10.2. The number of rotatable bonds is 4. The monoisotopic (exact) mass is 336 g/mol. The molecule has 2 aromatic heterocycles. The zero-order valence-corrected chi connectivity index (χ0v) is 14.9. The summed E-state index contributed by atoms with van der Waals surface area (Å²) in [6.07, 6.45) is 1.70. The van der Waals surface area contributed by atoms with Crippen LogP contribution in [0.1, 0.15) is 27.7 Å². The van der Waals surface area contributed by atoms with E-state index in [1.54, 1.807) is 20.1 Å². The van der Waals surface area contributed by atoms with E-state index in [0.29, 0.717) is 7.48 Å². The number of aliphatic hydroxyl groups is 1. The van der Waals surface area contributed by atoms with Crippen molar-refractivity contribution in [1.29, 1.82) is 0 Å². The quantitative estimate of drug-likeness (QED) is 0.575. The molecule has 0 aliphatic heterocycles. The lowest BCUT2D eigenvalue weighted by Gasteiger charge is -2.37. The molecule has 0 aliphatic rings. The van der Waals surface area contributed by atoms with E-state index in [-0.39, 0.29) is 0 Å². The highest BCUT2D eigenvalue weighted by Crippen LogP contribution is 2.34. The van der Waals surface area contributed by atoms with E-state index in [0.717, 1.165) is 38.4 Å². The SMILES string of the molecule is CC(C)(O)C(C)(C)OBc1ccc2oc3ccc4occc4c3c2c1. The summed E-state index contributed by atoms with van der Waals surface area (Å²) in [4.78, 5) is 0. The highest BCUT2D eigenvalue weighted by atomic mass is 16.5. The summed E-state index contributed by atoms with van der Waals surface area (Å²) in [5.41, 5.74) is 1.99. The zero-order valence-electron chi connectivity index (χ0n) is 14.9. The van der Waals surface area contributed by atoms with Crippen LogP contribution in [0.3, 0.4) is 0 Å². The third kappa shape index (κ3) is 2.64. The van der Waals surface area contributed by atoms with Gasteiger partial charge in [-0.15, -0.1) is 0 Å². The van der Waals surface area contributed by atoms with E-state index in [1.165, 1.54) is 0 Å². The molecule has 0 saturated carbocycles. The number of furan rings is 2. The van der Waals surface area contributed by atoms with Crippen molar-refractivity contribution in [3.05, 3.63) is 42.7 Å². The molecule has 0 unspecified atom stereocenters. The van der Waals surface area contributed by atoms with Gasteiger partial charge < -0.3 is 18.6 Å². The molecule has 0 saturated heterocycles.